The van der Waals surface area contributed by atoms with Gasteiger partial charge in [-0.1, -0.05) is 13.8 Å². The molecule has 80 valence electrons. The molecule has 5 heteroatoms. The Morgan fingerprint density at radius 1 is 1.57 bits per heavy atom. The molecule has 2 N–H and O–H groups in total. The number of aromatic nitrogens is 3. The molecule has 0 fully saturated rings. The fourth-order valence-corrected chi connectivity index (χ4v) is 1.08. The minimum absolute atomic E-state index is 0.0664. The summed E-state index contributed by atoms with van der Waals surface area (Å²) in [4.78, 5) is 11.4. The lowest BCUT2D eigenvalue weighted by atomic mass is 9.90. The van der Waals surface area contributed by atoms with Crippen LogP contribution in [0.5, 0.6) is 0 Å². The van der Waals surface area contributed by atoms with Crippen molar-refractivity contribution in [1.82, 2.24) is 14.3 Å². The highest BCUT2D eigenvalue weighted by Crippen LogP contribution is 2.18. The Balaban J connectivity index is 2.63. The van der Waals surface area contributed by atoms with Gasteiger partial charge in [-0.05, 0) is 18.4 Å². The minimum Gasteiger partial charge on any atom is -0.330 e. The Kier molecular flexibility index (Phi) is 3.10. The molecule has 1 heterocycles. The van der Waals surface area contributed by atoms with Crippen molar-refractivity contribution in [1.29, 1.82) is 0 Å². The van der Waals surface area contributed by atoms with E-state index in [0.717, 1.165) is 6.42 Å². The van der Waals surface area contributed by atoms with E-state index in [1.54, 1.807) is 7.05 Å². The summed E-state index contributed by atoms with van der Waals surface area (Å²) in [5.41, 5.74) is 5.60. The molecule has 0 spiro atoms. The number of rotatable bonds is 4. The highest BCUT2D eigenvalue weighted by molar-refractivity contribution is 4.71. The van der Waals surface area contributed by atoms with Crippen molar-refractivity contribution in [2.24, 2.45) is 18.2 Å². The largest absolute Gasteiger partial charge is 0.345 e. The summed E-state index contributed by atoms with van der Waals surface area (Å²) in [5.74, 6) is 0. The summed E-state index contributed by atoms with van der Waals surface area (Å²) >= 11 is 0. The van der Waals surface area contributed by atoms with Gasteiger partial charge in [0, 0.05) is 13.6 Å². The fraction of sp³-hybridized carbons (Fsp3) is 0.778. The molecule has 0 saturated heterocycles. The van der Waals surface area contributed by atoms with Crippen LogP contribution in [0.15, 0.2) is 11.1 Å². The zero-order valence-corrected chi connectivity index (χ0v) is 9.03. The van der Waals surface area contributed by atoms with Crippen LogP contribution in [0, 0.1) is 5.41 Å². The third-order valence-electron chi connectivity index (χ3n) is 2.44. The minimum atomic E-state index is -0.0715. The van der Waals surface area contributed by atoms with Gasteiger partial charge in [0.15, 0.2) is 0 Å². The molecule has 0 aliphatic heterocycles. The Morgan fingerprint density at radius 3 is 2.64 bits per heavy atom. The molecule has 0 atom stereocenters. The first-order valence-electron chi connectivity index (χ1n) is 4.75. The summed E-state index contributed by atoms with van der Waals surface area (Å²) in [7, 11) is 1.69. The maximum atomic E-state index is 11.4. The maximum Gasteiger partial charge on any atom is 0.345 e. The molecule has 0 unspecified atom stereocenters. The van der Waals surface area contributed by atoms with Crippen LogP contribution < -0.4 is 11.4 Å². The van der Waals surface area contributed by atoms with Gasteiger partial charge in [0.2, 0.25) is 0 Å². The second kappa shape index (κ2) is 3.96. The predicted molar refractivity (Wildman–Crippen MR) is 54.9 cm³/mol. The summed E-state index contributed by atoms with van der Waals surface area (Å²) < 4.78 is 2.94. The smallest absolute Gasteiger partial charge is 0.330 e. The number of nitrogens with two attached hydrogens (primary N) is 1. The van der Waals surface area contributed by atoms with Gasteiger partial charge in [-0.2, -0.15) is 5.10 Å². The van der Waals surface area contributed by atoms with Crippen LogP contribution in [0.1, 0.15) is 20.3 Å². The Bertz CT molecular complexity index is 350. The number of aryl methyl sites for hydroxylation is 2. The number of nitrogens with zero attached hydrogens (tertiary/aromatic N) is 3. The molecule has 0 aliphatic rings. The standard InChI is InChI=1S/C9H18N4O/c1-9(2,6-10)4-5-13-8(14)12(3)7-11-13/h7H,4-6,10H2,1-3H3. The quantitative estimate of drug-likeness (QED) is 0.738. The number of hydrogen-bond acceptors (Lipinski definition) is 3. The number of hydrogen-bond donors (Lipinski definition) is 1. The molecule has 0 saturated carbocycles. The first-order chi connectivity index (χ1) is 6.46. The zero-order chi connectivity index (χ0) is 10.8. The molecular weight excluding hydrogens is 180 g/mol. The van der Waals surface area contributed by atoms with Gasteiger partial charge in [-0.3, -0.25) is 4.57 Å². The van der Waals surface area contributed by atoms with Gasteiger partial charge in [0.25, 0.3) is 0 Å². The van der Waals surface area contributed by atoms with E-state index in [2.05, 4.69) is 18.9 Å². The highest BCUT2D eigenvalue weighted by atomic mass is 16.2. The van der Waals surface area contributed by atoms with Crippen LogP contribution in [-0.4, -0.2) is 20.9 Å². The van der Waals surface area contributed by atoms with Crippen molar-refractivity contribution in [3.63, 3.8) is 0 Å². The van der Waals surface area contributed by atoms with Crippen LogP contribution in [0.3, 0.4) is 0 Å². The molecule has 0 bridgehead atoms. The summed E-state index contributed by atoms with van der Waals surface area (Å²) in [6.45, 7) is 5.42. The van der Waals surface area contributed by atoms with Gasteiger partial charge >= 0.3 is 5.69 Å². The van der Waals surface area contributed by atoms with E-state index in [9.17, 15) is 4.79 Å². The van der Waals surface area contributed by atoms with Crippen molar-refractivity contribution in [3.05, 3.63) is 16.8 Å². The molecule has 0 aromatic carbocycles. The van der Waals surface area contributed by atoms with E-state index in [4.69, 9.17) is 5.73 Å². The van der Waals surface area contributed by atoms with E-state index in [-0.39, 0.29) is 11.1 Å². The average Bonchev–Trinajstić information content (AvgIpc) is 2.45. The van der Waals surface area contributed by atoms with Crippen LogP contribution in [-0.2, 0) is 13.6 Å². The van der Waals surface area contributed by atoms with Crippen LogP contribution in [0.25, 0.3) is 0 Å². The van der Waals surface area contributed by atoms with Gasteiger partial charge in [-0.15, -0.1) is 0 Å². The predicted octanol–water partition coefficient (Wildman–Crippen LogP) is -0.0432. The molecule has 1 rings (SSSR count). The van der Waals surface area contributed by atoms with E-state index in [1.807, 2.05) is 0 Å². The third-order valence-corrected chi connectivity index (χ3v) is 2.44. The lowest BCUT2D eigenvalue weighted by Crippen LogP contribution is -2.29. The SMILES string of the molecule is Cn1cnn(CCC(C)(C)CN)c1=O. The van der Waals surface area contributed by atoms with Crippen molar-refractivity contribution >= 4 is 0 Å². The van der Waals surface area contributed by atoms with Crippen molar-refractivity contribution in [2.45, 2.75) is 26.8 Å². The Hall–Kier alpha value is -1.10. The van der Waals surface area contributed by atoms with Gasteiger partial charge in [0.05, 0.1) is 0 Å². The third kappa shape index (κ3) is 2.45. The van der Waals surface area contributed by atoms with Crippen molar-refractivity contribution in [2.75, 3.05) is 6.54 Å². The second-order valence-electron chi connectivity index (χ2n) is 4.37. The van der Waals surface area contributed by atoms with E-state index >= 15 is 0 Å². The molecular formula is C9H18N4O. The Morgan fingerprint density at radius 2 is 2.21 bits per heavy atom. The molecule has 5 nitrogen and oxygen atoms in total. The molecule has 0 amide bonds. The molecule has 1 aromatic heterocycles. The fourth-order valence-electron chi connectivity index (χ4n) is 1.08. The first kappa shape index (κ1) is 11.0. The van der Waals surface area contributed by atoms with Crippen LogP contribution in [0.4, 0.5) is 0 Å². The summed E-state index contributed by atoms with van der Waals surface area (Å²) in [5, 5.41) is 3.98. The molecule has 14 heavy (non-hydrogen) atoms. The van der Waals surface area contributed by atoms with Crippen LogP contribution >= 0.6 is 0 Å². The lowest BCUT2D eigenvalue weighted by molar-refractivity contribution is 0.314. The lowest BCUT2D eigenvalue weighted by Gasteiger charge is -2.21. The molecule has 0 aliphatic carbocycles. The maximum absolute atomic E-state index is 11.4. The molecule has 0 radical (unpaired) electrons. The van der Waals surface area contributed by atoms with Gasteiger partial charge < -0.3 is 5.73 Å². The van der Waals surface area contributed by atoms with Crippen molar-refractivity contribution in [3.8, 4) is 0 Å². The normalized spacial score (nSPS) is 12.0. The van der Waals surface area contributed by atoms with E-state index < -0.39 is 0 Å². The summed E-state index contributed by atoms with van der Waals surface area (Å²) in [6.07, 6.45) is 2.39. The highest BCUT2D eigenvalue weighted by Gasteiger charge is 2.16. The summed E-state index contributed by atoms with van der Waals surface area (Å²) in [6, 6.07) is 0. The van der Waals surface area contributed by atoms with Crippen LogP contribution in [0.2, 0.25) is 0 Å². The topological polar surface area (TPSA) is 65.8 Å². The zero-order valence-electron chi connectivity index (χ0n) is 9.03. The van der Waals surface area contributed by atoms with Gasteiger partial charge in [0.1, 0.15) is 6.33 Å². The molecule has 1 aromatic rings. The second-order valence-corrected chi connectivity index (χ2v) is 4.37. The van der Waals surface area contributed by atoms with Gasteiger partial charge in [-0.25, -0.2) is 9.48 Å². The van der Waals surface area contributed by atoms with E-state index in [1.165, 1.54) is 15.6 Å². The Labute approximate surface area is 83.5 Å². The van der Waals surface area contributed by atoms with E-state index in [0.29, 0.717) is 13.1 Å². The monoisotopic (exact) mass is 198 g/mol. The van der Waals surface area contributed by atoms with Crippen molar-refractivity contribution < 1.29 is 0 Å². The first-order valence-corrected chi connectivity index (χ1v) is 4.75. The average molecular weight is 198 g/mol.